The van der Waals surface area contributed by atoms with Crippen molar-refractivity contribution >= 4 is 23.3 Å². The van der Waals surface area contributed by atoms with Crippen molar-refractivity contribution in [1.82, 2.24) is 14.8 Å². The van der Waals surface area contributed by atoms with E-state index < -0.39 is 0 Å². The third-order valence-electron chi connectivity index (χ3n) is 3.47. The Morgan fingerprint density at radius 1 is 1.53 bits per heavy atom. The predicted octanol–water partition coefficient (Wildman–Crippen LogP) is 2.21. The van der Waals surface area contributed by atoms with Crippen LogP contribution in [0, 0.1) is 6.92 Å². The summed E-state index contributed by atoms with van der Waals surface area (Å²) in [5, 5.41) is 3.32. The number of hydrogen-bond donors (Lipinski definition) is 1. The van der Waals surface area contributed by atoms with Gasteiger partial charge in [-0.25, -0.2) is 9.78 Å². The molecule has 6 heteroatoms. The number of halogens is 1. The number of rotatable bonds is 2. The van der Waals surface area contributed by atoms with E-state index >= 15 is 0 Å². The number of pyridine rings is 1. The fourth-order valence-electron chi connectivity index (χ4n) is 2.20. The van der Waals surface area contributed by atoms with Crippen LogP contribution in [0.3, 0.4) is 0 Å². The van der Waals surface area contributed by atoms with Crippen molar-refractivity contribution in [3.63, 3.8) is 0 Å². The van der Waals surface area contributed by atoms with E-state index in [1.807, 2.05) is 25.9 Å². The first-order chi connectivity index (χ1) is 8.97. The third-order valence-corrected chi connectivity index (χ3v) is 3.68. The van der Waals surface area contributed by atoms with Crippen molar-refractivity contribution in [1.29, 1.82) is 0 Å². The number of carbonyl (C=O) groups is 1. The van der Waals surface area contributed by atoms with Gasteiger partial charge in [0.05, 0.1) is 11.4 Å². The van der Waals surface area contributed by atoms with E-state index in [2.05, 4.69) is 15.2 Å². The summed E-state index contributed by atoms with van der Waals surface area (Å²) in [5.41, 5.74) is 1.44. The first kappa shape index (κ1) is 14.1. The largest absolute Gasteiger partial charge is 0.323 e. The maximum absolute atomic E-state index is 12.2. The van der Waals surface area contributed by atoms with Gasteiger partial charge in [0.25, 0.3) is 0 Å². The molecule has 1 unspecified atom stereocenters. The lowest BCUT2D eigenvalue weighted by Crippen LogP contribution is -2.37. The smallest absolute Gasteiger partial charge is 0.321 e. The number of likely N-dealkylation sites (tertiary alicyclic amines) is 1. The number of urea groups is 1. The number of likely N-dealkylation sites (N-methyl/N-ethyl adjacent to an activating group) is 1. The summed E-state index contributed by atoms with van der Waals surface area (Å²) in [5.74, 6) is 0. The van der Waals surface area contributed by atoms with Gasteiger partial charge in [0.2, 0.25) is 0 Å². The van der Waals surface area contributed by atoms with E-state index in [-0.39, 0.29) is 6.03 Å². The minimum absolute atomic E-state index is 0.0726. The second kappa shape index (κ2) is 5.75. The topological polar surface area (TPSA) is 48.5 Å². The molecule has 1 aromatic heterocycles. The highest BCUT2D eigenvalue weighted by atomic mass is 35.5. The molecule has 2 rings (SSSR count). The zero-order valence-electron chi connectivity index (χ0n) is 11.5. The van der Waals surface area contributed by atoms with Crippen LogP contribution in [0.4, 0.5) is 10.5 Å². The van der Waals surface area contributed by atoms with E-state index in [0.29, 0.717) is 16.9 Å². The number of amides is 2. The highest BCUT2D eigenvalue weighted by Crippen LogP contribution is 2.18. The van der Waals surface area contributed by atoms with E-state index in [1.54, 1.807) is 12.1 Å². The van der Waals surface area contributed by atoms with E-state index in [1.165, 1.54) is 0 Å². The number of aromatic nitrogens is 1. The van der Waals surface area contributed by atoms with Crippen LogP contribution in [-0.2, 0) is 0 Å². The molecule has 0 aromatic carbocycles. The Balaban J connectivity index is 1.98. The van der Waals surface area contributed by atoms with E-state index in [4.69, 9.17) is 11.6 Å². The molecule has 1 saturated heterocycles. The SMILES string of the molecule is Cc1nc(Cl)ccc1NC(=O)N1CCC(N(C)C)C1. The van der Waals surface area contributed by atoms with Crippen molar-refractivity contribution in [2.75, 3.05) is 32.5 Å². The molecule has 2 heterocycles. The number of hydrogen-bond acceptors (Lipinski definition) is 3. The summed E-state index contributed by atoms with van der Waals surface area (Å²) in [4.78, 5) is 20.3. The van der Waals surface area contributed by atoms with Gasteiger partial charge < -0.3 is 15.1 Å². The van der Waals surface area contributed by atoms with Crippen LogP contribution in [0.25, 0.3) is 0 Å². The molecule has 0 spiro atoms. The molecule has 5 nitrogen and oxygen atoms in total. The molecule has 1 aromatic rings. The molecule has 0 aliphatic carbocycles. The molecule has 104 valence electrons. The fraction of sp³-hybridized carbons (Fsp3) is 0.538. The van der Waals surface area contributed by atoms with Gasteiger partial charge in [0.1, 0.15) is 5.15 Å². The molecule has 2 amide bonds. The van der Waals surface area contributed by atoms with Crippen LogP contribution in [0.2, 0.25) is 5.15 Å². The Morgan fingerprint density at radius 2 is 2.26 bits per heavy atom. The van der Waals surface area contributed by atoms with Gasteiger partial charge in [-0.05, 0) is 39.6 Å². The predicted molar refractivity (Wildman–Crippen MR) is 76.7 cm³/mol. The van der Waals surface area contributed by atoms with Gasteiger partial charge in [-0.2, -0.15) is 0 Å². The van der Waals surface area contributed by atoms with Crippen LogP contribution in [0.15, 0.2) is 12.1 Å². The van der Waals surface area contributed by atoms with Gasteiger partial charge in [-0.3, -0.25) is 0 Å². The molecular weight excluding hydrogens is 264 g/mol. The molecule has 0 saturated carbocycles. The second-order valence-electron chi connectivity index (χ2n) is 5.05. The van der Waals surface area contributed by atoms with Crippen molar-refractivity contribution in [3.05, 3.63) is 23.0 Å². The molecule has 1 N–H and O–H groups in total. The van der Waals surface area contributed by atoms with E-state index in [0.717, 1.165) is 25.2 Å². The van der Waals surface area contributed by atoms with Crippen molar-refractivity contribution in [2.45, 2.75) is 19.4 Å². The molecular formula is C13H19ClN4O. The minimum Gasteiger partial charge on any atom is -0.323 e. The van der Waals surface area contributed by atoms with Crippen LogP contribution in [0.1, 0.15) is 12.1 Å². The lowest BCUT2D eigenvalue weighted by molar-refractivity contribution is 0.216. The third kappa shape index (κ3) is 3.36. The summed E-state index contributed by atoms with van der Waals surface area (Å²) in [6.07, 6.45) is 1.01. The molecule has 0 bridgehead atoms. The Labute approximate surface area is 118 Å². The van der Waals surface area contributed by atoms with Crippen LogP contribution < -0.4 is 5.32 Å². The first-order valence-electron chi connectivity index (χ1n) is 6.33. The summed E-state index contributed by atoms with van der Waals surface area (Å²) < 4.78 is 0. The number of aryl methyl sites for hydroxylation is 1. The summed E-state index contributed by atoms with van der Waals surface area (Å²) in [7, 11) is 4.08. The Kier molecular flexibility index (Phi) is 4.27. The zero-order chi connectivity index (χ0) is 14.0. The average Bonchev–Trinajstić information content (AvgIpc) is 2.82. The van der Waals surface area contributed by atoms with Gasteiger partial charge >= 0.3 is 6.03 Å². The number of anilines is 1. The molecule has 1 atom stereocenters. The monoisotopic (exact) mass is 282 g/mol. The minimum atomic E-state index is -0.0726. The number of nitrogens with zero attached hydrogens (tertiary/aromatic N) is 3. The summed E-state index contributed by atoms with van der Waals surface area (Å²) in [6, 6.07) is 3.82. The lowest BCUT2D eigenvalue weighted by atomic mass is 10.2. The van der Waals surface area contributed by atoms with Crippen molar-refractivity contribution in [2.24, 2.45) is 0 Å². The normalized spacial score (nSPS) is 19.0. The number of carbonyl (C=O) groups excluding carboxylic acids is 1. The fourth-order valence-corrected chi connectivity index (χ4v) is 2.39. The standard InChI is InChI=1S/C13H19ClN4O/c1-9-11(4-5-12(14)15-9)16-13(19)18-7-6-10(8-18)17(2)3/h4-5,10H,6-8H2,1-3H3,(H,16,19). The van der Waals surface area contributed by atoms with Crippen LogP contribution >= 0.6 is 11.6 Å². The Morgan fingerprint density at radius 3 is 2.84 bits per heavy atom. The molecule has 19 heavy (non-hydrogen) atoms. The van der Waals surface area contributed by atoms with Gasteiger partial charge in [0.15, 0.2) is 0 Å². The molecule has 1 fully saturated rings. The molecule has 1 aliphatic rings. The van der Waals surface area contributed by atoms with Crippen molar-refractivity contribution in [3.8, 4) is 0 Å². The van der Waals surface area contributed by atoms with Gasteiger partial charge in [-0.1, -0.05) is 11.6 Å². The zero-order valence-corrected chi connectivity index (χ0v) is 12.2. The first-order valence-corrected chi connectivity index (χ1v) is 6.70. The number of nitrogens with one attached hydrogen (secondary N) is 1. The maximum Gasteiger partial charge on any atom is 0.321 e. The highest BCUT2D eigenvalue weighted by molar-refractivity contribution is 6.29. The van der Waals surface area contributed by atoms with Crippen LogP contribution in [-0.4, -0.2) is 54.0 Å². The highest BCUT2D eigenvalue weighted by Gasteiger charge is 2.27. The average molecular weight is 283 g/mol. The van der Waals surface area contributed by atoms with Gasteiger partial charge in [0, 0.05) is 19.1 Å². The second-order valence-corrected chi connectivity index (χ2v) is 5.44. The van der Waals surface area contributed by atoms with Crippen molar-refractivity contribution < 1.29 is 4.79 Å². The molecule has 0 radical (unpaired) electrons. The van der Waals surface area contributed by atoms with Gasteiger partial charge in [-0.15, -0.1) is 0 Å². The van der Waals surface area contributed by atoms with Crippen LogP contribution in [0.5, 0.6) is 0 Å². The summed E-state index contributed by atoms with van der Waals surface area (Å²) in [6.45, 7) is 3.38. The Bertz CT molecular complexity index is 478. The van der Waals surface area contributed by atoms with E-state index in [9.17, 15) is 4.79 Å². The molecule has 1 aliphatic heterocycles. The quantitative estimate of drug-likeness (QED) is 0.846. The lowest BCUT2D eigenvalue weighted by Gasteiger charge is -2.21. The summed E-state index contributed by atoms with van der Waals surface area (Å²) >= 11 is 5.79. The maximum atomic E-state index is 12.2. The Hall–Kier alpha value is -1.33.